The highest BCUT2D eigenvalue weighted by atomic mass is 79.9. The third kappa shape index (κ3) is 15.3. The molecule has 0 radical (unpaired) electrons. The lowest BCUT2D eigenvalue weighted by Crippen LogP contribution is -2.24. The van der Waals surface area contributed by atoms with E-state index in [9.17, 15) is 4.79 Å². The number of carbonyl (C=O) groups excluding carboxylic acids is 1. The van der Waals surface area contributed by atoms with Crippen molar-refractivity contribution in [2.45, 2.75) is 50.1 Å². The van der Waals surface area contributed by atoms with E-state index < -0.39 is 15.0 Å². The fourth-order valence-electron chi connectivity index (χ4n) is 1.20. The Bertz CT molecular complexity index is 373. The number of esters is 1. The summed E-state index contributed by atoms with van der Waals surface area (Å²) in [4.78, 5) is 32.1. The van der Waals surface area contributed by atoms with Crippen LogP contribution in [0.2, 0.25) is 0 Å². The number of hydrogen-bond acceptors (Lipinski definition) is 6. The number of alkyl halides is 2. The Morgan fingerprint density at radius 2 is 1.57 bits per heavy atom. The van der Waals surface area contributed by atoms with E-state index in [1.54, 1.807) is 20.8 Å². The topological polar surface area (TPSA) is 63.2 Å². The van der Waals surface area contributed by atoms with Crippen LogP contribution in [0.15, 0.2) is 12.2 Å². The molecule has 0 saturated heterocycles. The van der Waals surface area contributed by atoms with Crippen LogP contribution in [0.1, 0.15) is 41.0 Å². The molecule has 1 unspecified atom stereocenters. The van der Waals surface area contributed by atoms with Crippen molar-refractivity contribution in [3.8, 4) is 0 Å². The molecular weight excluding hydrogens is 436 g/mol. The quantitative estimate of drug-likeness (QED) is 0.108. The molecule has 0 heterocycles. The lowest BCUT2D eigenvalue weighted by molar-refractivity contribution is -0.340. The summed E-state index contributed by atoms with van der Waals surface area (Å²) in [5.41, 5.74) is 0.350. The van der Waals surface area contributed by atoms with Crippen molar-refractivity contribution in [1.82, 2.24) is 0 Å². The van der Waals surface area contributed by atoms with Gasteiger partial charge in [0.15, 0.2) is 9.02 Å². The second-order valence-corrected chi connectivity index (χ2v) is 9.85. The predicted molar refractivity (Wildman–Crippen MR) is 94.0 cm³/mol. The molecule has 0 N–H and O–H groups in total. The highest BCUT2D eigenvalue weighted by molar-refractivity contribution is 9.10. The van der Waals surface area contributed by atoms with Crippen molar-refractivity contribution in [3.05, 3.63) is 12.2 Å². The van der Waals surface area contributed by atoms with Crippen molar-refractivity contribution in [2.24, 2.45) is 5.92 Å². The van der Waals surface area contributed by atoms with Crippen LogP contribution in [-0.2, 0) is 29.1 Å². The van der Waals surface area contributed by atoms with Gasteiger partial charge in [0.05, 0.1) is 19.8 Å². The van der Waals surface area contributed by atoms with Gasteiger partial charge in [0.25, 0.3) is 0 Å². The minimum absolute atomic E-state index is 0.102. The van der Waals surface area contributed by atoms with Crippen LogP contribution < -0.4 is 0 Å². The van der Waals surface area contributed by atoms with Crippen molar-refractivity contribution in [3.63, 3.8) is 0 Å². The summed E-state index contributed by atoms with van der Waals surface area (Å²) in [7, 11) is 0. The number of hydrogen-bond donors (Lipinski definition) is 0. The maximum Gasteiger partial charge on any atom is 0.333 e. The molecule has 0 rings (SSSR count). The van der Waals surface area contributed by atoms with Gasteiger partial charge in [0.1, 0.15) is 0 Å². The number of carbonyl (C=O) groups is 1. The molecule has 136 valence electrons. The minimum Gasteiger partial charge on any atom is -0.462 e. The molecule has 0 spiro atoms. The van der Waals surface area contributed by atoms with Crippen molar-refractivity contribution < 1.29 is 29.1 Å². The third-order valence-corrected chi connectivity index (χ3v) is 2.49. The molecule has 1 atom stereocenters. The van der Waals surface area contributed by atoms with Crippen LogP contribution in [-0.4, -0.2) is 34.8 Å². The maximum absolute atomic E-state index is 11.5. The SMILES string of the molecule is C=C(C)C(=O)OCC(CCOOC(C)(C)Br)COOC(C)(C)Br. The third-order valence-electron chi connectivity index (χ3n) is 2.23. The summed E-state index contributed by atoms with van der Waals surface area (Å²) in [6.07, 6.45) is 0.568. The highest BCUT2D eigenvalue weighted by Crippen LogP contribution is 2.20. The Balaban J connectivity index is 4.25. The van der Waals surface area contributed by atoms with Crippen molar-refractivity contribution in [2.75, 3.05) is 19.8 Å². The molecule has 0 aliphatic rings. The average molecular weight is 462 g/mol. The Hall–Kier alpha value is 0.01000. The van der Waals surface area contributed by atoms with Crippen LogP contribution in [0, 0.1) is 5.92 Å². The average Bonchev–Trinajstić information content (AvgIpc) is 2.36. The monoisotopic (exact) mass is 460 g/mol. The van der Waals surface area contributed by atoms with Gasteiger partial charge >= 0.3 is 5.97 Å². The summed E-state index contributed by atoms with van der Waals surface area (Å²) in [6, 6.07) is 0. The van der Waals surface area contributed by atoms with E-state index in [-0.39, 0.29) is 19.1 Å². The second-order valence-electron chi connectivity index (χ2n) is 6.03. The molecule has 0 aliphatic heterocycles. The van der Waals surface area contributed by atoms with Gasteiger partial charge in [-0.05, 0) is 41.0 Å². The lowest BCUT2D eigenvalue weighted by atomic mass is 10.1. The fourth-order valence-corrected chi connectivity index (χ4v) is 1.39. The van der Waals surface area contributed by atoms with Crippen molar-refractivity contribution in [1.29, 1.82) is 0 Å². The lowest BCUT2D eigenvalue weighted by Gasteiger charge is -2.21. The Morgan fingerprint density at radius 1 is 1.04 bits per heavy atom. The first kappa shape index (κ1) is 23.0. The Labute approximate surface area is 154 Å². The predicted octanol–water partition coefficient (Wildman–Crippen LogP) is 4.27. The van der Waals surface area contributed by atoms with Gasteiger partial charge < -0.3 is 4.74 Å². The molecule has 0 aromatic heterocycles. The summed E-state index contributed by atoms with van der Waals surface area (Å²) in [6.45, 7) is 13.1. The maximum atomic E-state index is 11.5. The molecule has 0 aromatic rings. The number of rotatable bonds is 12. The first-order valence-corrected chi connectivity index (χ1v) is 8.81. The summed E-state index contributed by atoms with van der Waals surface area (Å²) in [5.74, 6) is -0.536. The largest absolute Gasteiger partial charge is 0.462 e. The van der Waals surface area contributed by atoms with E-state index >= 15 is 0 Å². The number of ether oxygens (including phenoxy) is 1. The molecule has 0 aromatic carbocycles. The van der Waals surface area contributed by atoms with Crippen LogP contribution in [0.25, 0.3) is 0 Å². The highest BCUT2D eigenvalue weighted by Gasteiger charge is 2.19. The van der Waals surface area contributed by atoms with Gasteiger partial charge in [-0.3, -0.25) is 0 Å². The zero-order valence-electron chi connectivity index (χ0n) is 14.3. The molecule has 0 aliphatic carbocycles. The molecular formula is C15H26Br2O6. The van der Waals surface area contributed by atoms with Crippen LogP contribution in [0.3, 0.4) is 0 Å². The second kappa shape index (κ2) is 10.8. The standard InChI is InChI=1S/C15H26Br2O6/c1-11(2)13(18)19-9-12(10-21-23-15(5,6)17)7-8-20-22-14(3,4)16/h12H,1,7-10H2,2-6H3. The van der Waals surface area contributed by atoms with Gasteiger partial charge in [-0.2, -0.15) is 0 Å². The molecule has 0 saturated carbocycles. The van der Waals surface area contributed by atoms with Gasteiger partial charge in [-0.1, -0.05) is 38.4 Å². The van der Waals surface area contributed by atoms with E-state index in [0.29, 0.717) is 18.6 Å². The molecule has 23 heavy (non-hydrogen) atoms. The van der Waals surface area contributed by atoms with E-state index in [2.05, 4.69) is 38.4 Å². The van der Waals surface area contributed by atoms with Gasteiger partial charge in [0, 0.05) is 11.5 Å². The summed E-state index contributed by atoms with van der Waals surface area (Å²) >= 11 is 6.60. The molecule has 0 fully saturated rings. The number of halogens is 2. The van der Waals surface area contributed by atoms with E-state index in [1.807, 2.05) is 13.8 Å². The van der Waals surface area contributed by atoms with Crippen LogP contribution >= 0.6 is 31.9 Å². The molecule has 8 heteroatoms. The van der Waals surface area contributed by atoms with E-state index in [0.717, 1.165) is 0 Å². The Morgan fingerprint density at radius 3 is 2.04 bits per heavy atom. The van der Waals surface area contributed by atoms with E-state index in [4.69, 9.17) is 24.3 Å². The normalized spacial score (nSPS) is 13.7. The summed E-state index contributed by atoms with van der Waals surface area (Å²) in [5, 5.41) is 0. The zero-order chi connectivity index (χ0) is 18.1. The van der Waals surface area contributed by atoms with Crippen LogP contribution in [0.5, 0.6) is 0 Å². The fraction of sp³-hybridized carbons (Fsp3) is 0.800. The van der Waals surface area contributed by atoms with Gasteiger partial charge in [-0.25, -0.2) is 24.3 Å². The van der Waals surface area contributed by atoms with Crippen LogP contribution in [0.4, 0.5) is 0 Å². The minimum atomic E-state index is -0.592. The Kier molecular flexibility index (Phi) is 10.8. The van der Waals surface area contributed by atoms with Gasteiger partial charge in [0.2, 0.25) is 0 Å². The molecule has 0 bridgehead atoms. The first-order chi connectivity index (χ1) is 10.4. The van der Waals surface area contributed by atoms with E-state index in [1.165, 1.54) is 0 Å². The smallest absolute Gasteiger partial charge is 0.333 e. The summed E-state index contributed by atoms with van der Waals surface area (Å²) < 4.78 is 4.00. The molecule has 0 amide bonds. The molecule has 6 nitrogen and oxygen atoms in total. The van der Waals surface area contributed by atoms with Crippen molar-refractivity contribution >= 4 is 37.8 Å². The first-order valence-electron chi connectivity index (χ1n) is 7.22. The van der Waals surface area contributed by atoms with Gasteiger partial charge in [-0.15, -0.1) is 0 Å². The zero-order valence-corrected chi connectivity index (χ0v) is 17.5.